The number of unbranched alkanes of at least 4 members (excludes halogenated alkanes) is 2. The van der Waals surface area contributed by atoms with Crippen molar-refractivity contribution in [3.63, 3.8) is 0 Å². The smallest absolute Gasteiger partial charge is 0.220 e. The van der Waals surface area contributed by atoms with Gasteiger partial charge in [0.25, 0.3) is 0 Å². The monoisotopic (exact) mass is 296 g/mol. The molecule has 1 atom stereocenters. The summed E-state index contributed by atoms with van der Waals surface area (Å²) in [6, 6.07) is 4.77. The van der Waals surface area contributed by atoms with Crippen LogP contribution in [0.25, 0.3) is 0 Å². The van der Waals surface area contributed by atoms with Gasteiger partial charge in [-0.25, -0.2) is 4.39 Å². The molecule has 110 valence electrons. The quantitative estimate of drug-likeness (QED) is 0.793. The van der Waals surface area contributed by atoms with Gasteiger partial charge in [-0.3, -0.25) is 4.79 Å². The van der Waals surface area contributed by atoms with Crippen molar-refractivity contribution >= 4 is 17.7 Å². The second-order valence-corrected chi connectivity index (χ2v) is 6.18. The van der Waals surface area contributed by atoms with Crippen LogP contribution in [-0.4, -0.2) is 18.2 Å². The van der Waals surface area contributed by atoms with Crippen LogP contribution >= 0.6 is 11.8 Å². The van der Waals surface area contributed by atoms with Crippen molar-refractivity contribution in [2.24, 2.45) is 5.73 Å². The van der Waals surface area contributed by atoms with E-state index in [2.05, 4.69) is 5.32 Å². The first-order valence-corrected chi connectivity index (χ1v) is 8.11. The Labute approximate surface area is 123 Å². The van der Waals surface area contributed by atoms with Crippen molar-refractivity contribution < 1.29 is 9.18 Å². The van der Waals surface area contributed by atoms with Crippen molar-refractivity contribution in [1.29, 1.82) is 0 Å². The van der Waals surface area contributed by atoms with Crippen molar-refractivity contribution in [3.8, 4) is 0 Å². The summed E-state index contributed by atoms with van der Waals surface area (Å²) in [5.41, 5.74) is 6.34. The zero-order chi connectivity index (χ0) is 14.4. The highest BCUT2D eigenvalue weighted by molar-refractivity contribution is 7.99. The van der Waals surface area contributed by atoms with E-state index >= 15 is 0 Å². The summed E-state index contributed by atoms with van der Waals surface area (Å²) in [7, 11) is 0. The van der Waals surface area contributed by atoms with Gasteiger partial charge in [0.15, 0.2) is 0 Å². The summed E-state index contributed by atoms with van der Waals surface area (Å²) in [4.78, 5) is 13.0. The van der Waals surface area contributed by atoms with E-state index in [9.17, 15) is 9.18 Å². The molecule has 1 aliphatic rings. The lowest BCUT2D eigenvalue weighted by Crippen LogP contribution is -2.30. The van der Waals surface area contributed by atoms with Crippen LogP contribution in [0.3, 0.4) is 0 Å². The molecule has 0 aromatic heterocycles. The average Bonchev–Trinajstić information content (AvgIpc) is 2.44. The van der Waals surface area contributed by atoms with Crippen molar-refractivity contribution in [2.45, 2.75) is 43.0 Å². The van der Waals surface area contributed by atoms with Gasteiger partial charge in [-0.1, -0.05) is 6.42 Å². The van der Waals surface area contributed by atoms with Gasteiger partial charge in [-0.2, -0.15) is 0 Å². The molecule has 0 radical (unpaired) electrons. The molecule has 1 amide bonds. The lowest BCUT2D eigenvalue weighted by atomic mass is 10.0. The number of amides is 1. The normalized spacial score (nSPS) is 17.6. The third kappa shape index (κ3) is 4.21. The minimum absolute atomic E-state index is 0.0501. The summed E-state index contributed by atoms with van der Waals surface area (Å²) in [6.45, 7) is 0.675. The molecule has 3 N–H and O–H groups in total. The third-order valence-corrected chi connectivity index (χ3v) is 4.58. The lowest BCUT2D eigenvalue weighted by Gasteiger charge is -2.26. The number of carbonyl (C=O) groups is 1. The van der Waals surface area contributed by atoms with Gasteiger partial charge in [-0.05, 0) is 49.6 Å². The van der Waals surface area contributed by atoms with E-state index < -0.39 is 0 Å². The van der Waals surface area contributed by atoms with E-state index in [0.29, 0.717) is 13.0 Å². The molecule has 1 aromatic rings. The summed E-state index contributed by atoms with van der Waals surface area (Å²) < 4.78 is 13.4. The Morgan fingerprint density at radius 3 is 3.05 bits per heavy atom. The first-order valence-electron chi connectivity index (χ1n) is 7.12. The number of nitrogens with one attached hydrogen (secondary N) is 1. The predicted octanol–water partition coefficient (Wildman–Crippen LogP) is 3.00. The maximum absolute atomic E-state index is 13.4. The molecule has 1 heterocycles. The first-order chi connectivity index (χ1) is 9.70. The zero-order valence-electron chi connectivity index (χ0n) is 11.5. The van der Waals surface area contributed by atoms with Gasteiger partial charge in [0.2, 0.25) is 5.91 Å². The number of thioether (sulfide) groups is 1. The number of fused-ring (bicyclic) bond motifs is 1. The Bertz CT molecular complexity index is 467. The largest absolute Gasteiger partial charge is 0.349 e. The minimum Gasteiger partial charge on any atom is -0.349 e. The second-order valence-electron chi connectivity index (χ2n) is 5.04. The number of carbonyl (C=O) groups excluding carboxylic acids is 1. The molecule has 3 nitrogen and oxygen atoms in total. The molecule has 1 unspecified atom stereocenters. The molecule has 20 heavy (non-hydrogen) atoms. The summed E-state index contributed by atoms with van der Waals surface area (Å²) >= 11 is 1.72. The van der Waals surface area contributed by atoms with E-state index in [-0.39, 0.29) is 17.8 Å². The molecule has 0 bridgehead atoms. The average molecular weight is 296 g/mol. The molecule has 0 saturated carbocycles. The fraction of sp³-hybridized carbons (Fsp3) is 0.533. The van der Waals surface area contributed by atoms with Crippen LogP contribution < -0.4 is 11.1 Å². The number of benzene rings is 1. The minimum atomic E-state index is -0.242. The molecule has 2 rings (SSSR count). The molecular weight excluding hydrogens is 275 g/mol. The number of rotatable bonds is 6. The predicted molar refractivity (Wildman–Crippen MR) is 80.1 cm³/mol. The maximum atomic E-state index is 13.4. The van der Waals surface area contributed by atoms with Crippen LogP contribution in [0.1, 0.15) is 43.7 Å². The Kier molecular flexibility index (Phi) is 5.86. The maximum Gasteiger partial charge on any atom is 0.220 e. The summed E-state index contributed by atoms with van der Waals surface area (Å²) in [6.07, 6.45) is 4.18. The molecule has 0 saturated heterocycles. The lowest BCUT2D eigenvalue weighted by molar-refractivity contribution is -0.122. The molecule has 0 spiro atoms. The molecule has 0 aliphatic carbocycles. The van der Waals surface area contributed by atoms with Gasteiger partial charge in [0, 0.05) is 17.1 Å². The second kappa shape index (κ2) is 7.64. The van der Waals surface area contributed by atoms with Gasteiger partial charge >= 0.3 is 0 Å². The number of nitrogens with two attached hydrogens (primary N) is 1. The van der Waals surface area contributed by atoms with E-state index in [1.54, 1.807) is 23.9 Å². The van der Waals surface area contributed by atoms with E-state index in [1.165, 1.54) is 6.07 Å². The number of hydrogen-bond donors (Lipinski definition) is 2. The Balaban J connectivity index is 1.91. The van der Waals surface area contributed by atoms with E-state index in [1.807, 2.05) is 0 Å². The van der Waals surface area contributed by atoms with Gasteiger partial charge < -0.3 is 11.1 Å². The SMILES string of the molecule is NCCCCCC(=O)NC1CCSc2ccc(F)cc21. The molecule has 5 heteroatoms. The molecule has 1 aliphatic heterocycles. The zero-order valence-corrected chi connectivity index (χ0v) is 12.3. The van der Waals surface area contributed by atoms with Crippen LogP contribution in [0.5, 0.6) is 0 Å². The Morgan fingerprint density at radius 1 is 1.40 bits per heavy atom. The highest BCUT2D eigenvalue weighted by Crippen LogP contribution is 2.36. The number of hydrogen-bond acceptors (Lipinski definition) is 3. The standard InChI is InChI=1S/C15H21FN2OS/c16-11-5-6-14-12(10-11)13(7-9-20-14)18-15(19)4-2-1-3-8-17/h5-6,10,13H,1-4,7-9,17H2,(H,18,19). The highest BCUT2D eigenvalue weighted by atomic mass is 32.2. The highest BCUT2D eigenvalue weighted by Gasteiger charge is 2.22. The van der Waals surface area contributed by atoms with Crippen molar-refractivity contribution in [3.05, 3.63) is 29.6 Å². The molecule has 0 fully saturated rings. The Hall–Kier alpha value is -1.07. The van der Waals surface area contributed by atoms with E-state index in [4.69, 9.17) is 5.73 Å². The number of halogens is 1. The van der Waals surface area contributed by atoms with Gasteiger partial charge in [0.05, 0.1) is 6.04 Å². The van der Waals surface area contributed by atoms with Crippen molar-refractivity contribution in [1.82, 2.24) is 5.32 Å². The fourth-order valence-electron chi connectivity index (χ4n) is 2.39. The molecular formula is C15H21FN2OS. The van der Waals surface area contributed by atoms with Crippen LogP contribution in [0, 0.1) is 5.82 Å². The van der Waals surface area contributed by atoms with Gasteiger partial charge in [0.1, 0.15) is 5.82 Å². The van der Waals surface area contributed by atoms with Gasteiger partial charge in [-0.15, -0.1) is 11.8 Å². The first kappa shape index (κ1) is 15.3. The van der Waals surface area contributed by atoms with E-state index in [0.717, 1.165) is 41.9 Å². The molecule has 1 aromatic carbocycles. The van der Waals surface area contributed by atoms with Crippen LogP contribution in [0.2, 0.25) is 0 Å². The topological polar surface area (TPSA) is 55.1 Å². The fourth-order valence-corrected chi connectivity index (χ4v) is 3.49. The van der Waals surface area contributed by atoms with Crippen LogP contribution in [-0.2, 0) is 4.79 Å². The third-order valence-electron chi connectivity index (χ3n) is 3.45. The van der Waals surface area contributed by atoms with Crippen LogP contribution in [0.4, 0.5) is 4.39 Å². The van der Waals surface area contributed by atoms with Crippen LogP contribution in [0.15, 0.2) is 23.1 Å². The Morgan fingerprint density at radius 2 is 2.25 bits per heavy atom. The summed E-state index contributed by atoms with van der Waals surface area (Å²) in [5.74, 6) is 0.763. The van der Waals surface area contributed by atoms with Crippen molar-refractivity contribution in [2.75, 3.05) is 12.3 Å². The summed E-state index contributed by atoms with van der Waals surface area (Å²) in [5, 5.41) is 3.03.